The number of imidazole rings is 1. The van der Waals surface area contributed by atoms with Crippen molar-refractivity contribution in [2.75, 3.05) is 25.0 Å². The van der Waals surface area contributed by atoms with Crippen LogP contribution in [0.2, 0.25) is 0 Å². The number of thiophene rings is 1. The number of hydrogen-bond donors (Lipinski definition) is 1. The highest BCUT2D eigenvalue weighted by Gasteiger charge is 2.51. The maximum Gasteiger partial charge on any atom is 0.229 e. The van der Waals surface area contributed by atoms with Crippen molar-refractivity contribution in [1.82, 2.24) is 29.4 Å². The summed E-state index contributed by atoms with van der Waals surface area (Å²) in [5, 5.41) is 3.14. The van der Waals surface area contributed by atoms with Gasteiger partial charge in [-0.1, -0.05) is 13.0 Å². The van der Waals surface area contributed by atoms with Crippen LogP contribution in [0, 0.1) is 18.2 Å². The Morgan fingerprint density at radius 3 is 2.66 bits per heavy atom. The molecule has 0 amide bonds. The van der Waals surface area contributed by atoms with Gasteiger partial charge < -0.3 is 14.8 Å². The van der Waals surface area contributed by atoms with E-state index in [0.29, 0.717) is 23.1 Å². The van der Waals surface area contributed by atoms with E-state index in [9.17, 15) is 4.39 Å². The number of anilines is 2. The normalized spacial score (nSPS) is 17.8. The van der Waals surface area contributed by atoms with Crippen LogP contribution < -0.4 is 5.32 Å². The molecule has 0 bridgehead atoms. The zero-order chi connectivity index (χ0) is 24.3. The molecule has 0 aromatic carbocycles. The zero-order valence-electron chi connectivity index (χ0n) is 20.5. The van der Waals surface area contributed by atoms with Crippen LogP contribution in [-0.4, -0.2) is 49.0 Å². The van der Waals surface area contributed by atoms with Crippen molar-refractivity contribution in [3.63, 3.8) is 0 Å². The van der Waals surface area contributed by atoms with Crippen molar-refractivity contribution in [2.24, 2.45) is 5.41 Å². The Balaban J connectivity index is 1.18. The maximum atomic E-state index is 14.7. The Hall–Kier alpha value is -2.91. The smallest absolute Gasteiger partial charge is 0.229 e. The molecule has 4 aromatic rings. The molecule has 0 unspecified atom stereocenters. The molecular weight excluding hydrogens is 461 g/mol. The summed E-state index contributed by atoms with van der Waals surface area (Å²) in [5.74, 6) is 2.09. The molecule has 1 saturated heterocycles. The second kappa shape index (κ2) is 8.34. The average Bonchev–Trinajstić information content (AvgIpc) is 3.30. The van der Waals surface area contributed by atoms with Gasteiger partial charge in [0.1, 0.15) is 27.7 Å². The Morgan fingerprint density at radius 2 is 1.97 bits per heavy atom. The van der Waals surface area contributed by atoms with Gasteiger partial charge >= 0.3 is 0 Å². The summed E-state index contributed by atoms with van der Waals surface area (Å²) >= 11 is 1.50. The van der Waals surface area contributed by atoms with E-state index in [1.54, 1.807) is 0 Å². The number of pyridine rings is 1. The third-order valence-corrected chi connectivity index (χ3v) is 8.59. The summed E-state index contributed by atoms with van der Waals surface area (Å²) in [6, 6.07) is 6.28. The van der Waals surface area contributed by atoms with Gasteiger partial charge in [-0.3, -0.25) is 0 Å². The van der Waals surface area contributed by atoms with E-state index in [-0.39, 0.29) is 11.7 Å². The predicted molar refractivity (Wildman–Crippen MR) is 138 cm³/mol. The van der Waals surface area contributed by atoms with Crippen molar-refractivity contribution in [3.05, 3.63) is 47.8 Å². The first-order chi connectivity index (χ1) is 16.8. The van der Waals surface area contributed by atoms with Gasteiger partial charge in [0.25, 0.3) is 0 Å². The zero-order valence-corrected chi connectivity index (χ0v) is 21.4. The molecule has 5 heterocycles. The number of aromatic nitrogens is 5. The Kier molecular flexibility index (Phi) is 5.37. The standard InChI is InChI=1S/C26H30FN7S/c1-5-33-13-26(14-33)9-18(10-26)17-6-7-22(28-11-17)31-25-29-12-19(27)23(32-25)21-8-20-24(35-21)34(15(2)3)16(4)30-20/h6-8,11-12,15,18H,5,9-10,13-14H2,1-4H3,(H,28,29,31,32). The van der Waals surface area contributed by atoms with E-state index in [4.69, 9.17) is 0 Å². The summed E-state index contributed by atoms with van der Waals surface area (Å²) in [6.45, 7) is 12.1. The van der Waals surface area contributed by atoms with Crippen LogP contribution in [-0.2, 0) is 0 Å². The highest BCUT2D eigenvalue weighted by molar-refractivity contribution is 7.21. The summed E-state index contributed by atoms with van der Waals surface area (Å²) in [7, 11) is 0. The van der Waals surface area contributed by atoms with E-state index in [1.165, 1.54) is 49.0 Å². The minimum atomic E-state index is -0.452. The molecule has 4 aromatic heterocycles. The van der Waals surface area contributed by atoms with Gasteiger partial charge in [0.15, 0.2) is 5.82 Å². The predicted octanol–water partition coefficient (Wildman–Crippen LogP) is 5.92. The molecule has 1 spiro atoms. The largest absolute Gasteiger partial charge is 0.317 e. The number of fused-ring (bicyclic) bond motifs is 1. The SMILES string of the molecule is CCN1CC2(CC(c3ccc(Nc4ncc(F)c(-c5cc6nc(C)n(C(C)C)c6s5)n4)nc3)C2)C1. The number of rotatable bonds is 6. The van der Waals surface area contributed by atoms with Gasteiger partial charge in [-0.05, 0) is 69.2 Å². The van der Waals surface area contributed by atoms with Crippen LogP contribution in [0.15, 0.2) is 30.6 Å². The number of halogens is 1. The molecule has 2 aliphatic rings. The van der Waals surface area contributed by atoms with Crippen LogP contribution >= 0.6 is 11.3 Å². The Labute approximate surface area is 208 Å². The third kappa shape index (κ3) is 3.90. The van der Waals surface area contributed by atoms with Crippen LogP contribution in [0.4, 0.5) is 16.2 Å². The van der Waals surface area contributed by atoms with Gasteiger partial charge in [0, 0.05) is 25.3 Å². The number of aryl methyl sites for hydroxylation is 1. The first-order valence-electron chi connectivity index (χ1n) is 12.3. The average molecular weight is 492 g/mol. The first kappa shape index (κ1) is 22.5. The second-order valence-corrected chi connectivity index (χ2v) is 11.4. The lowest BCUT2D eigenvalue weighted by molar-refractivity contribution is -0.0701. The Morgan fingerprint density at radius 1 is 1.17 bits per heavy atom. The highest BCUT2D eigenvalue weighted by atomic mass is 32.1. The second-order valence-electron chi connectivity index (χ2n) is 10.3. The minimum Gasteiger partial charge on any atom is -0.317 e. The molecule has 35 heavy (non-hydrogen) atoms. The van der Waals surface area contributed by atoms with Crippen LogP contribution in [0.1, 0.15) is 57.0 Å². The molecule has 1 N–H and O–H groups in total. The molecule has 2 fully saturated rings. The lowest BCUT2D eigenvalue weighted by Gasteiger charge is -2.59. The molecule has 182 valence electrons. The molecule has 1 saturated carbocycles. The Bertz CT molecular complexity index is 1380. The van der Waals surface area contributed by atoms with E-state index in [1.807, 2.05) is 25.3 Å². The minimum absolute atomic E-state index is 0.275. The first-order valence-corrected chi connectivity index (χ1v) is 13.1. The molecule has 6 rings (SSSR count). The monoisotopic (exact) mass is 491 g/mol. The summed E-state index contributed by atoms with van der Waals surface area (Å²) in [6.07, 6.45) is 5.67. The van der Waals surface area contributed by atoms with Gasteiger partial charge in [-0.15, -0.1) is 11.3 Å². The van der Waals surface area contributed by atoms with Crippen molar-refractivity contribution in [1.29, 1.82) is 0 Å². The van der Waals surface area contributed by atoms with E-state index < -0.39 is 5.82 Å². The summed E-state index contributed by atoms with van der Waals surface area (Å²) in [4.78, 5) is 22.1. The summed E-state index contributed by atoms with van der Waals surface area (Å²) in [5.41, 5.74) is 2.98. The van der Waals surface area contributed by atoms with Gasteiger partial charge in [0.05, 0.1) is 11.1 Å². The molecule has 9 heteroatoms. The van der Waals surface area contributed by atoms with Gasteiger partial charge in [-0.2, -0.15) is 0 Å². The molecular formula is C26H30FN7S. The van der Waals surface area contributed by atoms with Crippen LogP contribution in [0.25, 0.3) is 20.9 Å². The van der Waals surface area contributed by atoms with Crippen molar-refractivity contribution in [3.8, 4) is 10.6 Å². The van der Waals surface area contributed by atoms with Gasteiger partial charge in [0.2, 0.25) is 5.95 Å². The fraction of sp³-hybridized carbons (Fsp3) is 0.462. The van der Waals surface area contributed by atoms with Crippen molar-refractivity contribution < 1.29 is 4.39 Å². The third-order valence-electron chi connectivity index (χ3n) is 7.46. The number of nitrogens with zero attached hydrogens (tertiary/aromatic N) is 6. The number of nitrogens with one attached hydrogen (secondary N) is 1. The maximum absolute atomic E-state index is 14.7. The lowest BCUT2D eigenvalue weighted by Crippen LogP contribution is -2.61. The lowest BCUT2D eigenvalue weighted by atomic mass is 9.56. The van der Waals surface area contributed by atoms with Crippen molar-refractivity contribution in [2.45, 2.75) is 52.5 Å². The van der Waals surface area contributed by atoms with Crippen molar-refractivity contribution >= 4 is 33.5 Å². The van der Waals surface area contributed by atoms with Gasteiger partial charge in [-0.25, -0.2) is 24.3 Å². The van der Waals surface area contributed by atoms with Crippen LogP contribution in [0.5, 0.6) is 0 Å². The fourth-order valence-corrected chi connectivity index (χ4v) is 7.03. The molecule has 1 aliphatic heterocycles. The fourth-order valence-electron chi connectivity index (χ4n) is 5.77. The van der Waals surface area contributed by atoms with Crippen LogP contribution in [0.3, 0.4) is 0 Å². The highest BCUT2D eigenvalue weighted by Crippen LogP contribution is 2.55. The summed E-state index contributed by atoms with van der Waals surface area (Å²) < 4.78 is 16.9. The number of likely N-dealkylation sites (tertiary alicyclic amines) is 1. The molecule has 1 aliphatic carbocycles. The van der Waals surface area contributed by atoms with E-state index in [2.05, 4.69) is 61.6 Å². The number of hydrogen-bond acceptors (Lipinski definition) is 7. The quantitative estimate of drug-likeness (QED) is 0.361. The topological polar surface area (TPSA) is 71.8 Å². The molecule has 0 radical (unpaired) electrons. The molecule has 7 nitrogen and oxygen atoms in total. The van der Waals surface area contributed by atoms with E-state index in [0.717, 1.165) is 27.6 Å². The molecule has 0 atom stereocenters. The van der Waals surface area contributed by atoms with E-state index >= 15 is 0 Å².